The molecule has 0 atom stereocenters. The van der Waals surface area contributed by atoms with Crippen molar-refractivity contribution in [2.45, 2.75) is 40.2 Å². The lowest BCUT2D eigenvalue weighted by Gasteiger charge is -2.00. The van der Waals surface area contributed by atoms with Crippen LogP contribution in [0, 0.1) is 6.92 Å². The summed E-state index contributed by atoms with van der Waals surface area (Å²) in [5.41, 5.74) is 3.89. The molecule has 5 nitrogen and oxygen atoms in total. The summed E-state index contributed by atoms with van der Waals surface area (Å²) in [4.78, 5) is 10.7. The molecule has 0 aliphatic carbocycles. The topological polar surface area (TPSA) is 59.3 Å². The summed E-state index contributed by atoms with van der Waals surface area (Å²) < 4.78 is 1.76. The summed E-state index contributed by atoms with van der Waals surface area (Å²) >= 11 is 6.18. The molecule has 1 amide bonds. The van der Waals surface area contributed by atoms with Gasteiger partial charge in [-0.25, -0.2) is 5.43 Å². The monoisotopic (exact) mass is 256 g/mol. The van der Waals surface area contributed by atoms with Gasteiger partial charge < -0.3 is 0 Å². The fourth-order valence-corrected chi connectivity index (χ4v) is 1.67. The van der Waals surface area contributed by atoms with E-state index in [9.17, 15) is 4.79 Å². The number of hydrazone groups is 1. The Morgan fingerprint density at radius 1 is 1.65 bits per heavy atom. The first-order valence-electron chi connectivity index (χ1n) is 5.58. The Kier molecular flexibility index (Phi) is 5.15. The fraction of sp³-hybridized carbons (Fsp3) is 0.545. The van der Waals surface area contributed by atoms with E-state index in [-0.39, 0.29) is 5.91 Å². The second-order valence-corrected chi connectivity index (χ2v) is 4.15. The molecular weight excluding hydrogens is 240 g/mol. The smallest absolute Gasteiger partial charge is 0.236 e. The van der Waals surface area contributed by atoms with Gasteiger partial charge in [-0.2, -0.15) is 10.2 Å². The number of aryl methyl sites for hydroxylation is 2. The number of amides is 1. The largest absolute Gasteiger partial charge is 0.274 e. The van der Waals surface area contributed by atoms with E-state index >= 15 is 0 Å². The second kappa shape index (κ2) is 6.39. The Hall–Kier alpha value is -1.36. The average Bonchev–Trinajstić information content (AvgIpc) is 2.53. The fourth-order valence-electron chi connectivity index (χ4n) is 1.36. The molecule has 1 aromatic heterocycles. The van der Waals surface area contributed by atoms with Crippen molar-refractivity contribution >= 4 is 23.7 Å². The van der Waals surface area contributed by atoms with Crippen LogP contribution in [0.3, 0.4) is 0 Å². The molecule has 17 heavy (non-hydrogen) atoms. The van der Waals surface area contributed by atoms with Crippen LogP contribution in [-0.4, -0.2) is 21.9 Å². The number of halogens is 1. The van der Waals surface area contributed by atoms with Gasteiger partial charge in [-0.1, -0.05) is 24.9 Å². The van der Waals surface area contributed by atoms with Gasteiger partial charge in [0.05, 0.1) is 17.5 Å². The Bertz CT molecular complexity index is 425. The molecule has 0 bridgehead atoms. The van der Waals surface area contributed by atoms with E-state index in [4.69, 9.17) is 11.6 Å². The van der Waals surface area contributed by atoms with Crippen molar-refractivity contribution in [1.82, 2.24) is 15.2 Å². The second-order valence-electron chi connectivity index (χ2n) is 3.79. The van der Waals surface area contributed by atoms with Gasteiger partial charge in [-0.05, 0) is 13.3 Å². The van der Waals surface area contributed by atoms with Gasteiger partial charge in [0, 0.05) is 13.5 Å². The standard InChI is InChI=1S/C11H17ClN4O/c1-4-5-6-16-11(12)10(8(2)15-16)7-13-14-9(3)17/h7H,4-6H2,1-3H3,(H,14,17)/b13-7-. The van der Waals surface area contributed by atoms with Crippen LogP contribution < -0.4 is 5.43 Å². The first-order chi connectivity index (χ1) is 8.06. The van der Waals surface area contributed by atoms with Crippen molar-refractivity contribution in [2.75, 3.05) is 0 Å². The zero-order valence-corrected chi connectivity index (χ0v) is 11.1. The molecule has 0 unspecified atom stereocenters. The molecule has 1 rings (SSSR count). The Morgan fingerprint density at radius 3 is 2.94 bits per heavy atom. The van der Waals surface area contributed by atoms with Crippen LogP contribution >= 0.6 is 11.6 Å². The third-order valence-corrected chi connectivity index (χ3v) is 2.65. The van der Waals surface area contributed by atoms with Crippen molar-refractivity contribution < 1.29 is 4.79 Å². The minimum Gasteiger partial charge on any atom is -0.274 e. The molecule has 94 valence electrons. The van der Waals surface area contributed by atoms with Crippen molar-refractivity contribution in [3.05, 3.63) is 16.4 Å². The molecule has 1 heterocycles. The predicted octanol–water partition coefficient (Wildman–Crippen LogP) is 2.12. The van der Waals surface area contributed by atoms with Gasteiger partial charge >= 0.3 is 0 Å². The van der Waals surface area contributed by atoms with Crippen LogP contribution in [0.25, 0.3) is 0 Å². The van der Waals surface area contributed by atoms with Gasteiger partial charge in [-0.15, -0.1) is 0 Å². The molecule has 6 heteroatoms. The number of carbonyl (C=O) groups excluding carboxylic acids is 1. The molecule has 0 aromatic carbocycles. The first kappa shape index (κ1) is 13.7. The number of hydrogen-bond acceptors (Lipinski definition) is 3. The van der Waals surface area contributed by atoms with Crippen LogP contribution in [0.5, 0.6) is 0 Å². The highest BCUT2D eigenvalue weighted by Gasteiger charge is 2.10. The normalized spacial score (nSPS) is 11.1. The minimum absolute atomic E-state index is 0.214. The van der Waals surface area contributed by atoms with Crippen molar-refractivity contribution in [3.8, 4) is 0 Å². The van der Waals surface area contributed by atoms with E-state index in [1.807, 2.05) is 6.92 Å². The Balaban J connectivity index is 2.81. The number of nitrogens with zero attached hydrogens (tertiary/aromatic N) is 3. The van der Waals surface area contributed by atoms with Crippen LogP contribution in [0.4, 0.5) is 0 Å². The highest BCUT2D eigenvalue weighted by atomic mass is 35.5. The highest BCUT2D eigenvalue weighted by molar-refractivity contribution is 6.32. The third-order valence-electron chi connectivity index (χ3n) is 2.25. The number of unbranched alkanes of at least 4 members (excludes halogenated alkanes) is 1. The number of carbonyl (C=O) groups is 1. The zero-order valence-electron chi connectivity index (χ0n) is 10.3. The van der Waals surface area contributed by atoms with Crippen molar-refractivity contribution in [2.24, 2.45) is 5.10 Å². The molecular formula is C11H17ClN4O. The van der Waals surface area contributed by atoms with Gasteiger partial charge in [0.15, 0.2) is 0 Å². The molecule has 0 aliphatic rings. The van der Waals surface area contributed by atoms with E-state index in [0.29, 0.717) is 5.15 Å². The summed E-state index contributed by atoms with van der Waals surface area (Å²) in [5.74, 6) is -0.214. The van der Waals surface area contributed by atoms with Crippen LogP contribution in [0.2, 0.25) is 5.15 Å². The maximum absolute atomic E-state index is 10.7. The van der Waals surface area contributed by atoms with E-state index in [2.05, 4.69) is 22.5 Å². The van der Waals surface area contributed by atoms with E-state index in [0.717, 1.165) is 30.6 Å². The van der Waals surface area contributed by atoms with Crippen LogP contribution in [0.15, 0.2) is 5.10 Å². The van der Waals surface area contributed by atoms with Crippen LogP contribution in [0.1, 0.15) is 37.9 Å². The lowest BCUT2D eigenvalue weighted by atomic mass is 10.3. The zero-order chi connectivity index (χ0) is 12.8. The van der Waals surface area contributed by atoms with Gasteiger partial charge in [0.1, 0.15) is 5.15 Å². The van der Waals surface area contributed by atoms with E-state index in [1.54, 1.807) is 4.68 Å². The lowest BCUT2D eigenvalue weighted by Crippen LogP contribution is -2.12. The van der Waals surface area contributed by atoms with Gasteiger partial charge in [0.2, 0.25) is 5.91 Å². The van der Waals surface area contributed by atoms with E-state index in [1.165, 1.54) is 13.1 Å². The van der Waals surface area contributed by atoms with Gasteiger partial charge in [0.25, 0.3) is 0 Å². The number of hydrogen-bond donors (Lipinski definition) is 1. The SMILES string of the molecule is CCCCn1nc(C)c(/C=N\NC(C)=O)c1Cl. The summed E-state index contributed by atoms with van der Waals surface area (Å²) in [7, 11) is 0. The van der Waals surface area contributed by atoms with Gasteiger partial charge in [-0.3, -0.25) is 9.48 Å². The van der Waals surface area contributed by atoms with E-state index < -0.39 is 0 Å². The Labute approximate surface area is 106 Å². The molecule has 0 aliphatic heterocycles. The molecule has 0 radical (unpaired) electrons. The molecule has 0 spiro atoms. The third kappa shape index (κ3) is 3.85. The number of nitrogens with one attached hydrogen (secondary N) is 1. The summed E-state index contributed by atoms with van der Waals surface area (Å²) in [5, 5.41) is 8.68. The quantitative estimate of drug-likeness (QED) is 0.648. The summed E-state index contributed by atoms with van der Waals surface area (Å²) in [6.45, 7) is 6.17. The molecule has 1 aromatic rings. The summed E-state index contributed by atoms with van der Waals surface area (Å²) in [6.07, 6.45) is 3.64. The lowest BCUT2D eigenvalue weighted by molar-refractivity contribution is -0.118. The molecule has 0 saturated heterocycles. The maximum Gasteiger partial charge on any atom is 0.236 e. The minimum atomic E-state index is -0.214. The molecule has 1 N–H and O–H groups in total. The van der Waals surface area contributed by atoms with Crippen LogP contribution in [-0.2, 0) is 11.3 Å². The predicted molar refractivity (Wildman–Crippen MR) is 68.3 cm³/mol. The average molecular weight is 257 g/mol. The molecule has 0 saturated carbocycles. The summed E-state index contributed by atoms with van der Waals surface area (Å²) in [6, 6.07) is 0. The maximum atomic E-state index is 10.7. The molecule has 0 fully saturated rings. The first-order valence-corrected chi connectivity index (χ1v) is 5.96. The number of rotatable bonds is 5. The highest BCUT2D eigenvalue weighted by Crippen LogP contribution is 2.18. The van der Waals surface area contributed by atoms with Crippen molar-refractivity contribution in [1.29, 1.82) is 0 Å². The number of aromatic nitrogens is 2. The van der Waals surface area contributed by atoms with Crippen molar-refractivity contribution in [3.63, 3.8) is 0 Å². The Morgan fingerprint density at radius 2 is 2.35 bits per heavy atom.